The van der Waals surface area contributed by atoms with Crippen LogP contribution in [-0.2, 0) is 16.4 Å². The van der Waals surface area contributed by atoms with Gasteiger partial charge in [0, 0.05) is 38.2 Å². The highest BCUT2D eigenvalue weighted by Crippen LogP contribution is 2.23. The van der Waals surface area contributed by atoms with Crippen LogP contribution in [-0.4, -0.2) is 51.1 Å². The molecule has 2 aromatic rings. The molecule has 0 aliphatic rings. The normalized spacial score (nSPS) is 12.9. The summed E-state index contributed by atoms with van der Waals surface area (Å²) >= 11 is 0. The molecule has 0 fully saturated rings. The van der Waals surface area contributed by atoms with E-state index in [1.807, 2.05) is 50.2 Å². The molecular formula is C21H30N4O4S. The van der Waals surface area contributed by atoms with Gasteiger partial charge in [0.2, 0.25) is 5.88 Å². The van der Waals surface area contributed by atoms with E-state index in [-0.39, 0.29) is 11.8 Å². The highest BCUT2D eigenvalue weighted by atomic mass is 32.2. The standard InChI is InChI=1S/C21H30N4O4S/c1-5-28-18-6-8-19(9-7-18)29-20-14-17(10-12-23-20)15-24-21(22-3)25-16(2)11-13-30(4,26)27/h6-10,12,14,16H,5,11,13,15H2,1-4H3,(H2,22,24,25). The Hall–Kier alpha value is -2.81. The summed E-state index contributed by atoms with van der Waals surface area (Å²) in [5.74, 6) is 2.69. The number of aliphatic imine (C=N–C) groups is 1. The van der Waals surface area contributed by atoms with Gasteiger partial charge in [0.15, 0.2) is 5.96 Å². The number of hydrogen-bond acceptors (Lipinski definition) is 6. The van der Waals surface area contributed by atoms with Crippen molar-refractivity contribution in [1.29, 1.82) is 0 Å². The van der Waals surface area contributed by atoms with Crippen LogP contribution in [0.4, 0.5) is 0 Å². The quantitative estimate of drug-likeness (QED) is 0.438. The lowest BCUT2D eigenvalue weighted by Gasteiger charge is -2.17. The molecule has 0 radical (unpaired) electrons. The molecule has 2 N–H and O–H groups in total. The zero-order valence-electron chi connectivity index (χ0n) is 17.9. The summed E-state index contributed by atoms with van der Waals surface area (Å²) in [4.78, 5) is 8.44. The Kier molecular flexibility index (Phi) is 8.91. The highest BCUT2D eigenvalue weighted by Gasteiger charge is 2.10. The number of guanidine groups is 1. The Bertz CT molecular complexity index is 930. The Balaban J connectivity index is 1.89. The Morgan fingerprint density at radius 2 is 1.90 bits per heavy atom. The van der Waals surface area contributed by atoms with Crippen LogP contribution in [0.1, 0.15) is 25.8 Å². The number of nitrogens with one attached hydrogen (secondary N) is 2. The van der Waals surface area contributed by atoms with Gasteiger partial charge in [0.25, 0.3) is 0 Å². The number of hydrogen-bond donors (Lipinski definition) is 2. The molecule has 30 heavy (non-hydrogen) atoms. The minimum Gasteiger partial charge on any atom is -0.494 e. The molecule has 8 nitrogen and oxygen atoms in total. The van der Waals surface area contributed by atoms with Crippen LogP contribution < -0.4 is 20.1 Å². The number of sulfone groups is 1. The van der Waals surface area contributed by atoms with Crippen LogP contribution >= 0.6 is 0 Å². The summed E-state index contributed by atoms with van der Waals surface area (Å²) < 4.78 is 33.9. The summed E-state index contributed by atoms with van der Waals surface area (Å²) in [5.41, 5.74) is 0.970. The molecule has 0 saturated heterocycles. The van der Waals surface area contributed by atoms with Gasteiger partial charge in [-0.2, -0.15) is 0 Å². The van der Waals surface area contributed by atoms with Crippen LogP contribution in [0.5, 0.6) is 17.4 Å². The molecule has 1 heterocycles. The molecule has 0 aliphatic heterocycles. The smallest absolute Gasteiger partial charge is 0.219 e. The topological polar surface area (TPSA) is 102 Å². The fourth-order valence-electron chi connectivity index (χ4n) is 2.58. The van der Waals surface area contributed by atoms with Crippen molar-refractivity contribution in [2.75, 3.05) is 25.7 Å². The maximum Gasteiger partial charge on any atom is 0.219 e. The average Bonchev–Trinajstić information content (AvgIpc) is 2.71. The number of ether oxygens (including phenoxy) is 2. The van der Waals surface area contributed by atoms with Crippen LogP contribution in [0.2, 0.25) is 0 Å². The first-order valence-electron chi connectivity index (χ1n) is 9.79. The van der Waals surface area contributed by atoms with Crippen LogP contribution in [0.3, 0.4) is 0 Å². The fourth-order valence-corrected chi connectivity index (χ4v) is 3.37. The Morgan fingerprint density at radius 3 is 2.53 bits per heavy atom. The minimum absolute atomic E-state index is 0.0260. The molecule has 1 unspecified atom stereocenters. The second kappa shape index (κ2) is 11.4. The van der Waals surface area contributed by atoms with E-state index in [1.54, 1.807) is 13.2 Å². The number of pyridine rings is 1. The second-order valence-corrected chi connectivity index (χ2v) is 9.16. The molecule has 0 bridgehead atoms. The van der Waals surface area contributed by atoms with Gasteiger partial charge in [-0.05, 0) is 56.2 Å². The van der Waals surface area contributed by atoms with Gasteiger partial charge in [0.05, 0.1) is 12.4 Å². The van der Waals surface area contributed by atoms with Gasteiger partial charge in [-0.1, -0.05) is 0 Å². The molecule has 9 heteroatoms. The van der Waals surface area contributed by atoms with Gasteiger partial charge in [-0.3, -0.25) is 4.99 Å². The van der Waals surface area contributed by atoms with Crippen molar-refractivity contribution in [2.24, 2.45) is 4.99 Å². The first-order valence-corrected chi connectivity index (χ1v) is 11.9. The predicted molar refractivity (Wildman–Crippen MR) is 119 cm³/mol. The van der Waals surface area contributed by atoms with Gasteiger partial charge < -0.3 is 20.1 Å². The SMILES string of the molecule is CCOc1ccc(Oc2cc(CNC(=NC)NC(C)CCS(C)(=O)=O)ccn2)cc1. The maximum absolute atomic E-state index is 11.3. The summed E-state index contributed by atoms with van der Waals surface area (Å²) in [6.45, 7) is 4.99. The molecule has 0 amide bonds. The van der Waals surface area contributed by atoms with Crippen LogP contribution in [0.25, 0.3) is 0 Å². The zero-order valence-corrected chi connectivity index (χ0v) is 18.7. The number of benzene rings is 1. The van der Waals surface area contributed by atoms with E-state index >= 15 is 0 Å². The molecule has 0 saturated carbocycles. The highest BCUT2D eigenvalue weighted by molar-refractivity contribution is 7.90. The number of rotatable bonds is 10. The third-order valence-corrected chi connectivity index (χ3v) is 5.12. The van der Waals surface area contributed by atoms with Gasteiger partial charge in [0.1, 0.15) is 21.3 Å². The molecule has 0 spiro atoms. The number of aromatic nitrogens is 1. The maximum atomic E-state index is 11.3. The Labute approximate surface area is 178 Å². The van der Waals surface area contributed by atoms with E-state index in [9.17, 15) is 8.42 Å². The largest absolute Gasteiger partial charge is 0.494 e. The molecular weight excluding hydrogens is 404 g/mol. The monoisotopic (exact) mass is 434 g/mol. The summed E-state index contributed by atoms with van der Waals surface area (Å²) in [5, 5.41) is 6.41. The van der Waals surface area contributed by atoms with Crippen LogP contribution in [0, 0.1) is 0 Å². The lowest BCUT2D eigenvalue weighted by atomic mass is 10.2. The average molecular weight is 435 g/mol. The third-order valence-electron chi connectivity index (χ3n) is 4.14. The second-order valence-electron chi connectivity index (χ2n) is 6.90. The van der Waals surface area contributed by atoms with E-state index < -0.39 is 9.84 Å². The molecule has 0 aliphatic carbocycles. The van der Waals surface area contributed by atoms with E-state index in [1.165, 1.54) is 6.26 Å². The molecule has 1 aromatic carbocycles. The predicted octanol–water partition coefficient (Wildman–Crippen LogP) is 2.76. The van der Waals surface area contributed by atoms with Crippen LogP contribution in [0.15, 0.2) is 47.6 Å². The van der Waals surface area contributed by atoms with Crippen molar-refractivity contribution in [1.82, 2.24) is 15.6 Å². The van der Waals surface area contributed by atoms with E-state index in [0.717, 1.165) is 11.3 Å². The van der Waals surface area contributed by atoms with Crippen molar-refractivity contribution < 1.29 is 17.9 Å². The lowest BCUT2D eigenvalue weighted by Crippen LogP contribution is -2.42. The van der Waals surface area contributed by atoms with Gasteiger partial charge in [-0.25, -0.2) is 13.4 Å². The molecule has 1 atom stereocenters. The summed E-state index contributed by atoms with van der Waals surface area (Å²) in [6, 6.07) is 11.1. The van der Waals surface area contributed by atoms with Crippen molar-refractivity contribution in [3.8, 4) is 17.4 Å². The van der Waals surface area contributed by atoms with Crippen molar-refractivity contribution in [3.63, 3.8) is 0 Å². The van der Waals surface area contributed by atoms with Gasteiger partial charge >= 0.3 is 0 Å². The van der Waals surface area contributed by atoms with Crippen molar-refractivity contribution in [2.45, 2.75) is 32.9 Å². The van der Waals surface area contributed by atoms with Gasteiger partial charge in [-0.15, -0.1) is 0 Å². The van der Waals surface area contributed by atoms with E-state index in [2.05, 4.69) is 20.6 Å². The summed E-state index contributed by atoms with van der Waals surface area (Å²) in [7, 11) is -1.31. The van der Waals surface area contributed by atoms with Crippen molar-refractivity contribution >= 4 is 15.8 Å². The van der Waals surface area contributed by atoms with E-state index in [4.69, 9.17) is 9.47 Å². The summed E-state index contributed by atoms with van der Waals surface area (Å²) in [6.07, 6.45) is 3.43. The number of nitrogens with zero attached hydrogens (tertiary/aromatic N) is 2. The third kappa shape index (κ3) is 8.69. The molecule has 2 rings (SSSR count). The Morgan fingerprint density at radius 1 is 1.20 bits per heavy atom. The lowest BCUT2D eigenvalue weighted by molar-refractivity contribution is 0.339. The first kappa shape index (κ1) is 23.5. The molecule has 1 aromatic heterocycles. The first-order chi connectivity index (χ1) is 14.3. The van der Waals surface area contributed by atoms with Crippen molar-refractivity contribution in [3.05, 3.63) is 48.2 Å². The zero-order chi connectivity index (χ0) is 22.0. The minimum atomic E-state index is -2.98. The molecule has 164 valence electrons. The fraction of sp³-hybridized carbons (Fsp3) is 0.429. The van der Waals surface area contributed by atoms with E-state index in [0.29, 0.717) is 37.2 Å².